The SMILES string of the molecule is C[C@H](Sc1ccc(S(=O)(=O)N2CCCCC2)cn1)c1nc(C(C)(C)C)no1. The Morgan fingerprint density at radius 1 is 1.19 bits per heavy atom. The molecule has 0 amide bonds. The van der Waals surface area contributed by atoms with Crippen LogP contribution in [-0.4, -0.2) is 40.9 Å². The van der Waals surface area contributed by atoms with Gasteiger partial charge in [0.1, 0.15) is 4.90 Å². The first-order chi connectivity index (χ1) is 12.7. The summed E-state index contributed by atoms with van der Waals surface area (Å²) in [5, 5.41) is 4.68. The van der Waals surface area contributed by atoms with Crippen molar-refractivity contribution in [3.05, 3.63) is 30.0 Å². The molecule has 0 saturated carbocycles. The minimum Gasteiger partial charge on any atom is -0.338 e. The molecule has 9 heteroatoms. The van der Waals surface area contributed by atoms with Gasteiger partial charge < -0.3 is 4.52 Å². The van der Waals surface area contributed by atoms with Crippen molar-refractivity contribution in [3.63, 3.8) is 0 Å². The minimum atomic E-state index is -3.45. The number of pyridine rings is 1. The molecule has 0 N–H and O–H groups in total. The van der Waals surface area contributed by atoms with Crippen molar-refractivity contribution in [2.45, 2.75) is 67.5 Å². The first-order valence-electron chi connectivity index (χ1n) is 9.15. The topological polar surface area (TPSA) is 89.2 Å². The lowest BCUT2D eigenvalue weighted by molar-refractivity contribution is 0.346. The first kappa shape index (κ1) is 20.3. The van der Waals surface area contributed by atoms with E-state index in [-0.39, 0.29) is 15.6 Å². The van der Waals surface area contributed by atoms with Crippen LogP contribution in [0.1, 0.15) is 63.9 Å². The van der Waals surface area contributed by atoms with Crippen LogP contribution in [0.3, 0.4) is 0 Å². The third-order valence-corrected chi connectivity index (χ3v) is 7.34. The lowest BCUT2D eigenvalue weighted by atomic mass is 9.96. The van der Waals surface area contributed by atoms with Gasteiger partial charge in [-0.3, -0.25) is 0 Å². The fourth-order valence-corrected chi connectivity index (χ4v) is 5.06. The molecular weight excluding hydrogens is 384 g/mol. The van der Waals surface area contributed by atoms with E-state index < -0.39 is 10.0 Å². The van der Waals surface area contributed by atoms with Crippen molar-refractivity contribution in [1.82, 2.24) is 19.4 Å². The maximum atomic E-state index is 12.7. The molecule has 2 aromatic heterocycles. The maximum Gasteiger partial charge on any atom is 0.244 e. The number of hydrogen-bond donors (Lipinski definition) is 0. The quantitative estimate of drug-likeness (QED) is 0.693. The Bertz CT molecular complexity index is 867. The van der Waals surface area contributed by atoms with Crippen molar-refractivity contribution in [1.29, 1.82) is 0 Å². The van der Waals surface area contributed by atoms with Crippen LogP contribution in [0.5, 0.6) is 0 Å². The fraction of sp³-hybridized carbons (Fsp3) is 0.611. The molecule has 0 spiro atoms. The second kappa shape index (κ2) is 7.89. The summed E-state index contributed by atoms with van der Waals surface area (Å²) in [6, 6.07) is 3.36. The zero-order valence-electron chi connectivity index (χ0n) is 16.2. The average molecular weight is 411 g/mol. The van der Waals surface area contributed by atoms with Crippen LogP contribution >= 0.6 is 11.8 Å². The lowest BCUT2D eigenvalue weighted by Gasteiger charge is -2.25. The van der Waals surface area contributed by atoms with E-state index in [2.05, 4.69) is 15.1 Å². The van der Waals surface area contributed by atoms with Gasteiger partial charge in [0, 0.05) is 24.7 Å². The third kappa shape index (κ3) is 4.70. The molecule has 1 saturated heterocycles. The summed E-state index contributed by atoms with van der Waals surface area (Å²) in [6.07, 6.45) is 4.36. The monoisotopic (exact) mass is 410 g/mol. The highest BCUT2D eigenvalue weighted by Crippen LogP contribution is 2.34. The molecule has 1 aliphatic heterocycles. The molecule has 1 fully saturated rings. The van der Waals surface area contributed by atoms with Gasteiger partial charge in [-0.25, -0.2) is 13.4 Å². The predicted octanol–water partition coefficient (Wildman–Crippen LogP) is 3.79. The Hall–Kier alpha value is -1.45. The Morgan fingerprint density at radius 3 is 2.44 bits per heavy atom. The molecule has 3 heterocycles. The Labute approximate surface area is 165 Å². The summed E-state index contributed by atoms with van der Waals surface area (Å²) in [5.74, 6) is 1.21. The van der Waals surface area contributed by atoms with Gasteiger partial charge in [0.15, 0.2) is 5.82 Å². The van der Waals surface area contributed by atoms with E-state index in [0.717, 1.165) is 24.3 Å². The molecule has 2 aromatic rings. The van der Waals surface area contributed by atoms with Gasteiger partial charge >= 0.3 is 0 Å². The number of rotatable bonds is 5. The van der Waals surface area contributed by atoms with Crippen molar-refractivity contribution in [3.8, 4) is 0 Å². The molecule has 0 aromatic carbocycles. The van der Waals surface area contributed by atoms with E-state index in [9.17, 15) is 8.42 Å². The molecule has 148 valence electrons. The number of nitrogens with zero attached hydrogens (tertiary/aromatic N) is 4. The van der Waals surface area contributed by atoms with Crippen LogP contribution in [0.2, 0.25) is 0 Å². The largest absolute Gasteiger partial charge is 0.338 e. The third-order valence-electron chi connectivity index (χ3n) is 4.42. The number of piperidine rings is 1. The van der Waals surface area contributed by atoms with Crippen LogP contribution in [-0.2, 0) is 15.4 Å². The van der Waals surface area contributed by atoms with E-state index in [0.29, 0.717) is 24.8 Å². The molecule has 1 atom stereocenters. The molecule has 7 nitrogen and oxygen atoms in total. The Morgan fingerprint density at radius 2 is 1.89 bits per heavy atom. The molecule has 3 rings (SSSR count). The minimum absolute atomic E-state index is 0.0781. The van der Waals surface area contributed by atoms with Crippen LogP contribution < -0.4 is 0 Å². The molecular formula is C18H26N4O3S2. The van der Waals surface area contributed by atoms with Gasteiger partial charge in [0.25, 0.3) is 0 Å². The number of hydrogen-bond acceptors (Lipinski definition) is 7. The molecule has 0 unspecified atom stereocenters. The first-order valence-corrected chi connectivity index (χ1v) is 11.5. The Balaban J connectivity index is 1.69. The smallest absolute Gasteiger partial charge is 0.244 e. The Kier molecular flexibility index (Phi) is 5.93. The zero-order chi connectivity index (χ0) is 19.7. The van der Waals surface area contributed by atoms with Crippen LogP contribution in [0.25, 0.3) is 0 Å². The van der Waals surface area contributed by atoms with E-state index in [4.69, 9.17) is 4.52 Å². The van der Waals surface area contributed by atoms with E-state index in [1.807, 2.05) is 27.7 Å². The van der Waals surface area contributed by atoms with Gasteiger partial charge in [-0.15, -0.1) is 0 Å². The van der Waals surface area contributed by atoms with Crippen molar-refractivity contribution in [2.75, 3.05) is 13.1 Å². The van der Waals surface area contributed by atoms with Crippen molar-refractivity contribution < 1.29 is 12.9 Å². The number of sulfonamides is 1. The van der Waals surface area contributed by atoms with Crippen molar-refractivity contribution >= 4 is 21.8 Å². The summed E-state index contributed by atoms with van der Waals surface area (Å²) in [4.78, 5) is 9.04. The molecule has 27 heavy (non-hydrogen) atoms. The van der Waals surface area contributed by atoms with Crippen molar-refractivity contribution in [2.24, 2.45) is 0 Å². The lowest BCUT2D eigenvalue weighted by Crippen LogP contribution is -2.35. The number of thioether (sulfide) groups is 1. The molecule has 1 aliphatic rings. The fourth-order valence-electron chi connectivity index (χ4n) is 2.78. The maximum absolute atomic E-state index is 12.7. The standard InChI is InChI=1S/C18H26N4O3S2/c1-13(16-20-17(21-25-16)18(2,3)4)26-15-9-8-14(12-19-15)27(23,24)22-10-6-5-7-11-22/h8-9,12-13H,5-7,10-11H2,1-4H3/t13-/m0/s1. The highest BCUT2D eigenvalue weighted by molar-refractivity contribution is 7.99. The highest BCUT2D eigenvalue weighted by Gasteiger charge is 2.27. The molecule has 0 bridgehead atoms. The van der Waals surface area contributed by atoms with Gasteiger partial charge in [0.2, 0.25) is 15.9 Å². The van der Waals surface area contributed by atoms with Gasteiger partial charge in [-0.05, 0) is 31.9 Å². The number of aromatic nitrogens is 3. The second-order valence-corrected chi connectivity index (χ2v) is 11.1. The summed E-state index contributed by atoms with van der Waals surface area (Å²) in [5.41, 5.74) is -0.172. The van der Waals surface area contributed by atoms with Crippen LogP contribution in [0.15, 0.2) is 32.8 Å². The summed E-state index contributed by atoms with van der Waals surface area (Å²) < 4.78 is 32.3. The van der Waals surface area contributed by atoms with E-state index >= 15 is 0 Å². The summed E-state index contributed by atoms with van der Waals surface area (Å²) in [6.45, 7) is 9.23. The zero-order valence-corrected chi connectivity index (χ0v) is 17.8. The highest BCUT2D eigenvalue weighted by atomic mass is 32.2. The summed E-state index contributed by atoms with van der Waals surface area (Å²) in [7, 11) is -3.45. The van der Waals surface area contributed by atoms with Crippen LogP contribution in [0, 0.1) is 0 Å². The average Bonchev–Trinajstić information content (AvgIpc) is 3.14. The van der Waals surface area contributed by atoms with E-state index in [1.54, 1.807) is 16.4 Å². The van der Waals surface area contributed by atoms with E-state index in [1.165, 1.54) is 18.0 Å². The predicted molar refractivity (Wildman–Crippen MR) is 104 cm³/mol. The normalized spacial score (nSPS) is 17.8. The van der Waals surface area contributed by atoms with Gasteiger partial charge in [0.05, 0.1) is 10.3 Å². The summed E-state index contributed by atoms with van der Waals surface area (Å²) >= 11 is 1.46. The van der Waals surface area contributed by atoms with Crippen LogP contribution in [0.4, 0.5) is 0 Å². The second-order valence-electron chi connectivity index (χ2n) is 7.76. The van der Waals surface area contributed by atoms with Gasteiger partial charge in [-0.1, -0.05) is 44.1 Å². The van der Waals surface area contributed by atoms with Gasteiger partial charge in [-0.2, -0.15) is 9.29 Å². The molecule has 0 radical (unpaired) electrons. The molecule has 0 aliphatic carbocycles.